The molecule has 0 bridgehead atoms. The van der Waals surface area contributed by atoms with E-state index in [1.165, 1.54) is 23.3 Å². The van der Waals surface area contributed by atoms with E-state index in [2.05, 4.69) is 10.3 Å². The van der Waals surface area contributed by atoms with Gasteiger partial charge in [-0.3, -0.25) is 9.59 Å². The van der Waals surface area contributed by atoms with Gasteiger partial charge in [0.2, 0.25) is 11.8 Å². The van der Waals surface area contributed by atoms with Crippen LogP contribution >= 0.6 is 11.3 Å². The maximum Gasteiger partial charge on any atom is 0.330 e. The number of carbonyl (C=O) groups is 3. The van der Waals surface area contributed by atoms with E-state index in [9.17, 15) is 31.6 Å². The zero-order chi connectivity index (χ0) is 26.0. The number of aromatic nitrogens is 1. The predicted molar refractivity (Wildman–Crippen MR) is 128 cm³/mol. The van der Waals surface area contributed by atoms with Gasteiger partial charge >= 0.3 is 16.2 Å². The largest absolute Gasteiger partial charge is 0.330 e. The van der Waals surface area contributed by atoms with Gasteiger partial charge in [0, 0.05) is 38.2 Å². The maximum absolute atomic E-state index is 13.8. The number of fused-ring (bicyclic) bond motifs is 1. The Labute approximate surface area is 209 Å². The van der Waals surface area contributed by atoms with Crippen molar-refractivity contribution in [3.8, 4) is 0 Å². The van der Waals surface area contributed by atoms with Gasteiger partial charge in [-0.05, 0) is 42.3 Å². The number of urea groups is 1. The standard InChI is InChI=1S/C22H21F2N5O5S2/c1-28(16-4-5-19-17(11-16)25-12-35-19)21(31)18(9-13-7-14(23)10-15(24)8-13)26-22(32)27-36(33,34)29-6-2-3-20(29)30/h4-5,7-8,10-12,18H,2-3,6,9H2,1H3,(H2,26,27,32)/t18-/m0/s1. The Morgan fingerprint density at radius 2 is 1.92 bits per heavy atom. The van der Waals surface area contributed by atoms with Crippen molar-refractivity contribution in [2.24, 2.45) is 0 Å². The first-order valence-electron chi connectivity index (χ1n) is 10.7. The van der Waals surface area contributed by atoms with Crippen molar-refractivity contribution in [3.63, 3.8) is 0 Å². The number of carbonyl (C=O) groups excluding carboxylic acids is 3. The fraction of sp³-hybridized carbons (Fsp3) is 0.273. The van der Waals surface area contributed by atoms with Crippen molar-refractivity contribution in [3.05, 3.63) is 59.1 Å². The van der Waals surface area contributed by atoms with E-state index in [1.807, 2.05) is 0 Å². The summed E-state index contributed by atoms with van der Waals surface area (Å²) in [5.74, 6) is -3.09. The number of halogens is 2. The van der Waals surface area contributed by atoms with Gasteiger partial charge in [-0.2, -0.15) is 8.42 Å². The molecule has 4 rings (SSSR count). The van der Waals surface area contributed by atoms with Gasteiger partial charge in [-0.25, -0.2) is 27.6 Å². The van der Waals surface area contributed by atoms with Gasteiger partial charge in [-0.15, -0.1) is 11.3 Å². The summed E-state index contributed by atoms with van der Waals surface area (Å²) in [4.78, 5) is 43.2. The van der Waals surface area contributed by atoms with E-state index in [0.29, 0.717) is 28.0 Å². The third-order valence-electron chi connectivity index (χ3n) is 5.54. The molecule has 2 heterocycles. The average molecular weight is 538 g/mol. The fourth-order valence-corrected chi connectivity index (χ4v) is 5.61. The Morgan fingerprint density at radius 1 is 1.19 bits per heavy atom. The van der Waals surface area contributed by atoms with Gasteiger partial charge in [0.1, 0.15) is 17.7 Å². The first kappa shape index (κ1) is 25.4. The molecule has 1 aromatic heterocycles. The van der Waals surface area contributed by atoms with Gasteiger partial charge in [-0.1, -0.05) is 0 Å². The van der Waals surface area contributed by atoms with E-state index in [1.54, 1.807) is 28.4 Å². The molecule has 3 aromatic rings. The van der Waals surface area contributed by atoms with Crippen LogP contribution in [0.4, 0.5) is 19.3 Å². The second-order valence-corrected chi connectivity index (χ2v) is 10.6. The van der Waals surface area contributed by atoms with Crippen molar-refractivity contribution in [2.45, 2.75) is 25.3 Å². The molecule has 10 nitrogen and oxygen atoms in total. The molecule has 0 aliphatic carbocycles. The first-order chi connectivity index (χ1) is 17.0. The molecule has 4 amide bonds. The molecule has 1 saturated heterocycles. The number of nitrogens with zero attached hydrogens (tertiary/aromatic N) is 3. The average Bonchev–Trinajstić information content (AvgIpc) is 3.45. The van der Waals surface area contributed by atoms with E-state index >= 15 is 0 Å². The Hall–Kier alpha value is -3.65. The molecule has 1 aliphatic heterocycles. The van der Waals surface area contributed by atoms with Crippen LogP contribution in [0.5, 0.6) is 0 Å². The summed E-state index contributed by atoms with van der Waals surface area (Å²) in [6.07, 6.45) is 0.0115. The molecular weight excluding hydrogens is 516 g/mol. The summed E-state index contributed by atoms with van der Waals surface area (Å²) < 4.78 is 55.6. The quantitative estimate of drug-likeness (QED) is 0.476. The van der Waals surface area contributed by atoms with E-state index in [-0.39, 0.29) is 24.9 Å². The smallest absolute Gasteiger partial charge is 0.325 e. The lowest BCUT2D eigenvalue weighted by Crippen LogP contribution is -2.54. The molecule has 36 heavy (non-hydrogen) atoms. The minimum absolute atomic E-state index is 0.0307. The zero-order valence-corrected chi connectivity index (χ0v) is 20.5. The second-order valence-electron chi connectivity index (χ2n) is 8.09. The Kier molecular flexibility index (Phi) is 7.17. The summed E-state index contributed by atoms with van der Waals surface area (Å²) in [6, 6.07) is 5.08. The van der Waals surface area contributed by atoms with Gasteiger partial charge < -0.3 is 10.2 Å². The van der Waals surface area contributed by atoms with Crippen LogP contribution in [0.2, 0.25) is 0 Å². The first-order valence-corrected chi connectivity index (χ1v) is 13.0. The molecule has 0 unspecified atom stereocenters. The van der Waals surface area contributed by atoms with Crippen LogP contribution in [0.1, 0.15) is 18.4 Å². The third kappa shape index (κ3) is 5.60. The van der Waals surface area contributed by atoms with Gasteiger partial charge in [0.15, 0.2) is 0 Å². The van der Waals surface area contributed by atoms with Crippen LogP contribution in [-0.2, 0) is 26.2 Å². The van der Waals surface area contributed by atoms with Crippen molar-refractivity contribution >= 4 is 55.3 Å². The molecule has 1 fully saturated rings. The number of anilines is 1. The van der Waals surface area contributed by atoms with Crippen molar-refractivity contribution in [1.82, 2.24) is 19.3 Å². The normalized spacial score (nSPS) is 14.6. The van der Waals surface area contributed by atoms with Crippen LogP contribution in [0.15, 0.2) is 41.9 Å². The lowest BCUT2D eigenvalue weighted by Gasteiger charge is -2.25. The predicted octanol–water partition coefficient (Wildman–Crippen LogP) is 2.32. The summed E-state index contributed by atoms with van der Waals surface area (Å²) in [6.45, 7) is -0.0752. The number of likely N-dealkylation sites (N-methyl/N-ethyl adjacent to an activating group) is 1. The van der Waals surface area contributed by atoms with Gasteiger partial charge in [0.05, 0.1) is 15.7 Å². The monoisotopic (exact) mass is 537 g/mol. The lowest BCUT2D eigenvalue weighted by molar-refractivity contribution is -0.123. The van der Waals surface area contributed by atoms with E-state index in [0.717, 1.165) is 16.8 Å². The lowest BCUT2D eigenvalue weighted by atomic mass is 10.0. The number of nitrogens with one attached hydrogen (secondary N) is 2. The van der Waals surface area contributed by atoms with Crippen molar-refractivity contribution in [2.75, 3.05) is 18.5 Å². The number of hydrogen-bond acceptors (Lipinski definition) is 7. The van der Waals surface area contributed by atoms with E-state index < -0.39 is 45.7 Å². The third-order valence-corrected chi connectivity index (χ3v) is 7.76. The molecule has 1 aliphatic rings. The van der Waals surface area contributed by atoms with Gasteiger partial charge in [0.25, 0.3) is 0 Å². The van der Waals surface area contributed by atoms with Crippen LogP contribution in [-0.4, -0.2) is 55.2 Å². The van der Waals surface area contributed by atoms with Crippen LogP contribution in [0, 0.1) is 11.6 Å². The highest BCUT2D eigenvalue weighted by atomic mass is 32.2. The molecular formula is C22H21F2N5O5S2. The Balaban J connectivity index is 1.57. The summed E-state index contributed by atoms with van der Waals surface area (Å²) in [5, 5.41) is 2.26. The van der Waals surface area contributed by atoms with Crippen molar-refractivity contribution in [1.29, 1.82) is 0 Å². The molecule has 0 spiro atoms. The van der Waals surface area contributed by atoms with Crippen LogP contribution in [0.3, 0.4) is 0 Å². The minimum Gasteiger partial charge on any atom is -0.325 e. The Bertz CT molecular complexity index is 1430. The Morgan fingerprint density at radius 3 is 2.58 bits per heavy atom. The number of thiazole rings is 1. The second kappa shape index (κ2) is 10.1. The summed E-state index contributed by atoms with van der Waals surface area (Å²) in [5.41, 5.74) is 2.79. The topological polar surface area (TPSA) is 129 Å². The molecule has 2 N–H and O–H groups in total. The number of amides is 4. The van der Waals surface area contributed by atoms with Crippen LogP contribution in [0.25, 0.3) is 10.2 Å². The van der Waals surface area contributed by atoms with Crippen molar-refractivity contribution < 1.29 is 31.6 Å². The fourth-order valence-electron chi connectivity index (χ4n) is 3.82. The maximum atomic E-state index is 13.8. The van der Waals surface area contributed by atoms with Crippen LogP contribution < -0.4 is 14.9 Å². The molecule has 2 aromatic carbocycles. The molecule has 190 valence electrons. The highest BCUT2D eigenvalue weighted by Gasteiger charge is 2.34. The van der Waals surface area contributed by atoms with E-state index in [4.69, 9.17) is 0 Å². The molecule has 1 atom stereocenters. The minimum atomic E-state index is -4.49. The number of benzene rings is 2. The number of rotatable bonds is 7. The molecule has 14 heteroatoms. The number of hydrogen-bond donors (Lipinski definition) is 2. The zero-order valence-electron chi connectivity index (χ0n) is 18.9. The SMILES string of the molecule is CN(C(=O)[C@H](Cc1cc(F)cc(F)c1)NC(=O)NS(=O)(=O)N1CCCC1=O)c1ccc2scnc2c1. The summed E-state index contributed by atoms with van der Waals surface area (Å²) >= 11 is 1.42. The molecule has 0 radical (unpaired) electrons. The molecule has 0 saturated carbocycles. The summed E-state index contributed by atoms with van der Waals surface area (Å²) in [7, 11) is -3.05. The highest BCUT2D eigenvalue weighted by Crippen LogP contribution is 2.24. The highest BCUT2D eigenvalue weighted by molar-refractivity contribution is 7.88.